The van der Waals surface area contributed by atoms with Gasteiger partial charge < -0.3 is 4.74 Å². The van der Waals surface area contributed by atoms with Crippen LogP contribution in [0.25, 0.3) is 11.1 Å². The van der Waals surface area contributed by atoms with Gasteiger partial charge in [-0.15, -0.1) is 0 Å². The maximum Gasteiger partial charge on any atom is 0.201 e. The van der Waals surface area contributed by atoms with E-state index in [1.165, 1.54) is 12.1 Å². The van der Waals surface area contributed by atoms with Crippen molar-refractivity contribution in [3.8, 4) is 16.9 Å². The van der Waals surface area contributed by atoms with Crippen molar-refractivity contribution in [1.82, 2.24) is 0 Å². The van der Waals surface area contributed by atoms with Gasteiger partial charge in [-0.05, 0) is 24.6 Å². The van der Waals surface area contributed by atoms with Crippen LogP contribution in [0.2, 0.25) is 0 Å². The first-order chi connectivity index (χ1) is 8.63. The van der Waals surface area contributed by atoms with E-state index in [4.69, 9.17) is 12.6 Å². The Kier molecular flexibility index (Phi) is 3.65. The van der Waals surface area contributed by atoms with Crippen LogP contribution in [0, 0.1) is 11.6 Å². The molecule has 0 aliphatic rings. The Morgan fingerprint density at radius 3 is 2.28 bits per heavy atom. The molecule has 90 valence electrons. The quantitative estimate of drug-likeness (QED) is 0.754. The summed E-state index contributed by atoms with van der Waals surface area (Å²) in [6, 6.07) is 9.50. The summed E-state index contributed by atoms with van der Waals surface area (Å²) < 4.78 is 32.6. The van der Waals surface area contributed by atoms with Crippen molar-refractivity contribution in [2.24, 2.45) is 0 Å². The lowest BCUT2D eigenvalue weighted by molar-refractivity contribution is 0.314. The summed E-state index contributed by atoms with van der Waals surface area (Å²) in [5, 5.41) is 0. The fourth-order valence-corrected chi connectivity index (χ4v) is 1.68. The molecule has 2 rings (SSSR count). The molecule has 0 aliphatic heterocycles. The van der Waals surface area contributed by atoms with E-state index < -0.39 is 11.6 Å². The van der Waals surface area contributed by atoms with Crippen LogP contribution in [0.1, 0.15) is 6.92 Å². The largest absolute Gasteiger partial charge is 0.491 e. The summed E-state index contributed by atoms with van der Waals surface area (Å²) >= 11 is 0. The first kappa shape index (κ1) is 12.6. The van der Waals surface area contributed by atoms with Crippen molar-refractivity contribution in [2.75, 3.05) is 6.61 Å². The smallest absolute Gasteiger partial charge is 0.201 e. The lowest BCUT2D eigenvalue weighted by atomic mass is 9.93. The molecule has 2 aromatic carbocycles. The number of benzene rings is 2. The zero-order valence-electron chi connectivity index (χ0n) is 9.91. The van der Waals surface area contributed by atoms with E-state index in [9.17, 15) is 8.78 Å². The van der Waals surface area contributed by atoms with Crippen LogP contribution in [-0.2, 0) is 0 Å². The van der Waals surface area contributed by atoms with E-state index >= 15 is 0 Å². The highest BCUT2D eigenvalue weighted by Crippen LogP contribution is 2.29. The molecule has 0 heterocycles. The fraction of sp³-hybridized carbons (Fsp3) is 0.143. The van der Waals surface area contributed by atoms with Crippen LogP contribution in [-0.4, -0.2) is 14.5 Å². The van der Waals surface area contributed by atoms with Gasteiger partial charge in [-0.3, -0.25) is 0 Å². The molecule has 0 unspecified atom stereocenters. The van der Waals surface area contributed by atoms with Crippen molar-refractivity contribution in [1.29, 1.82) is 0 Å². The van der Waals surface area contributed by atoms with Crippen LogP contribution in [0.5, 0.6) is 5.75 Å². The molecular weight excluding hydrogens is 233 g/mol. The fourth-order valence-electron chi connectivity index (χ4n) is 1.68. The van der Waals surface area contributed by atoms with Gasteiger partial charge in [-0.25, -0.2) is 4.39 Å². The summed E-state index contributed by atoms with van der Waals surface area (Å²) in [5.41, 5.74) is 1.34. The molecule has 0 saturated heterocycles. The highest BCUT2D eigenvalue weighted by atomic mass is 19.2. The Hall–Kier alpha value is -1.84. The topological polar surface area (TPSA) is 9.23 Å². The third-order valence-corrected chi connectivity index (χ3v) is 2.57. The molecule has 4 heteroatoms. The third kappa shape index (κ3) is 2.37. The second-order valence-corrected chi connectivity index (χ2v) is 3.79. The molecule has 0 aliphatic carbocycles. The average molecular weight is 244 g/mol. The first-order valence-corrected chi connectivity index (χ1v) is 5.60. The van der Waals surface area contributed by atoms with Gasteiger partial charge >= 0.3 is 0 Å². The van der Waals surface area contributed by atoms with Crippen molar-refractivity contribution in [2.45, 2.75) is 6.92 Å². The number of rotatable bonds is 3. The van der Waals surface area contributed by atoms with Crippen LogP contribution in [0.3, 0.4) is 0 Å². The summed E-state index contributed by atoms with van der Waals surface area (Å²) in [6.07, 6.45) is 0. The maximum absolute atomic E-state index is 13.9. The predicted molar refractivity (Wildman–Crippen MR) is 68.4 cm³/mol. The summed E-state index contributed by atoms with van der Waals surface area (Å²) in [7, 11) is 5.55. The Balaban J connectivity index is 2.46. The van der Waals surface area contributed by atoms with Crippen molar-refractivity contribution < 1.29 is 13.5 Å². The molecule has 0 bridgehead atoms. The first-order valence-electron chi connectivity index (χ1n) is 5.60. The van der Waals surface area contributed by atoms with Gasteiger partial charge in [0.25, 0.3) is 0 Å². The van der Waals surface area contributed by atoms with Gasteiger partial charge in [-0.1, -0.05) is 29.7 Å². The standard InChI is InChI=1S/C14H11BF2O/c1-2-18-12-8-7-11(13(16)14(12)17)9-3-5-10(15)6-4-9/h3-8H,2H2,1H3. The number of hydrogen-bond acceptors (Lipinski definition) is 1. The molecule has 0 aromatic heterocycles. The van der Waals surface area contributed by atoms with Crippen molar-refractivity contribution in [3.05, 3.63) is 48.0 Å². The van der Waals surface area contributed by atoms with Crippen LogP contribution in [0.15, 0.2) is 36.4 Å². The molecule has 0 fully saturated rings. The number of halogens is 2. The Morgan fingerprint density at radius 2 is 1.67 bits per heavy atom. The van der Waals surface area contributed by atoms with Crippen LogP contribution >= 0.6 is 0 Å². The van der Waals surface area contributed by atoms with E-state index in [0.717, 1.165) is 0 Å². The van der Waals surface area contributed by atoms with Gasteiger partial charge in [0.05, 0.1) is 6.61 Å². The second kappa shape index (κ2) is 5.21. The molecule has 0 atom stereocenters. The second-order valence-electron chi connectivity index (χ2n) is 3.79. The highest BCUT2D eigenvalue weighted by Gasteiger charge is 2.15. The molecule has 1 nitrogen and oxygen atoms in total. The van der Waals surface area contributed by atoms with E-state index in [2.05, 4.69) is 0 Å². The average Bonchev–Trinajstić information content (AvgIpc) is 2.37. The Morgan fingerprint density at radius 1 is 1.00 bits per heavy atom. The Labute approximate surface area is 106 Å². The molecule has 0 N–H and O–H groups in total. The predicted octanol–water partition coefficient (Wildman–Crippen LogP) is 2.82. The third-order valence-electron chi connectivity index (χ3n) is 2.57. The summed E-state index contributed by atoms with van der Waals surface area (Å²) in [6.45, 7) is 2.00. The molecule has 2 radical (unpaired) electrons. The molecule has 0 amide bonds. The van der Waals surface area contributed by atoms with E-state index in [0.29, 0.717) is 11.0 Å². The van der Waals surface area contributed by atoms with Gasteiger partial charge in [0.2, 0.25) is 5.82 Å². The number of ether oxygens (including phenoxy) is 1. The molecule has 0 saturated carbocycles. The van der Waals surface area contributed by atoms with Gasteiger partial charge in [0.1, 0.15) is 7.85 Å². The van der Waals surface area contributed by atoms with Gasteiger partial charge in [-0.2, -0.15) is 4.39 Å². The lowest BCUT2D eigenvalue weighted by Gasteiger charge is -2.09. The minimum Gasteiger partial charge on any atom is -0.491 e. The monoisotopic (exact) mass is 244 g/mol. The Bertz CT molecular complexity index is 552. The minimum absolute atomic E-state index is 0.0748. The summed E-state index contributed by atoms with van der Waals surface area (Å²) in [4.78, 5) is 0. The van der Waals surface area contributed by atoms with E-state index in [1.807, 2.05) is 0 Å². The minimum atomic E-state index is -0.967. The number of hydrogen-bond donors (Lipinski definition) is 0. The van der Waals surface area contributed by atoms with Crippen LogP contribution < -0.4 is 10.2 Å². The van der Waals surface area contributed by atoms with Crippen LogP contribution in [0.4, 0.5) is 8.78 Å². The van der Waals surface area contributed by atoms with E-state index in [1.54, 1.807) is 31.2 Å². The van der Waals surface area contributed by atoms with E-state index in [-0.39, 0.29) is 17.9 Å². The van der Waals surface area contributed by atoms with Gasteiger partial charge in [0.15, 0.2) is 11.6 Å². The lowest BCUT2D eigenvalue weighted by Crippen LogP contribution is -2.01. The molecular formula is C14H11BF2O. The SMILES string of the molecule is [B]c1ccc(-c2ccc(OCC)c(F)c2F)cc1. The zero-order chi connectivity index (χ0) is 13.1. The summed E-state index contributed by atoms with van der Waals surface area (Å²) in [5.74, 6) is -1.95. The van der Waals surface area contributed by atoms with Gasteiger partial charge in [0, 0.05) is 5.56 Å². The van der Waals surface area contributed by atoms with Crippen molar-refractivity contribution in [3.63, 3.8) is 0 Å². The normalized spacial score (nSPS) is 10.4. The molecule has 2 aromatic rings. The highest BCUT2D eigenvalue weighted by molar-refractivity contribution is 6.32. The maximum atomic E-state index is 13.9. The molecule has 0 spiro atoms. The molecule has 18 heavy (non-hydrogen) atoms. The zero-order valence-corrected chi connectivity index (χ0v) is 9.91. The van der Waals surface area contributed by atoms with Crippen molar-refractivity contribution >= 4 is 13.3 Å².